The molecule has 0 saturated carbocycles. The summed E-state index contributed by atoms with van der Waals surface area (Å²) in [7, 11) is -3.49. The average Bonchev–Trinajstić information content (AvgIpc) is 2.88. The Morgan fingerprint density at radius 2 is 2.25 bits per heavy atom. The molecular weight excluding hydrogens is 300 g/mol. The molecule has 1 aliphatic rings. The molecule has 1 saturated heterocycles. The van der Waals surface area contributed by atoms with E-state index in [1.54, 1.807) is 17.1 Å². The van der Waals surface area contributed by atoms with E-state index in [0.717, 1.165) is 19.4 Å². The molecule has 2 N–H and O–H groups in total. The van der Waals surface area contributed by atoms with Crippen LogP contribution in [0.25, 0.3) is 0 Å². The van der Waals surface area contributed by atoms with Gasteiger partial charge < -0.3 is 9.88 Å². The van der Waals surface area contributed by atoms with Crippen LogP contribution in [0.2, 0.25) is 0 Å². The standard InChI is InChI=1S/C12H22N4O2S.ClH/c1-10(2)16-8-12(14-9-16)19(17,18)15-7-11-5-3-4-6-13-11;/h8-11,13,15H,3-7H2,1-2H3;1H. The predicted molar refractivity (Wildman–Crippen MR) is 80.7 cm³/mol. The van der Waals surface area contributed by atoms with E-state index in [9.17, 15) is 8.42 Å². The van der Waals surface area contributed by atoms with Gasteiger partial charge in [0, 0.05) is 24.8 Å². The fourth-order valence-electron chi connectivity index (χ4n) is 2.12. The second-order valence-corrected chi connectivity index (χ2v) is 6.97. The molecule has 20 heavy (non-hydrogen) atoms. The maximum atomic E-state index is 12.1. The minimum Gasteiger partial charge on any atom is -0.334 e. The molecule has 8 heteroatoms. The summed E-state index contributed by atoms with van der Waals surface area (Å²) < 4.78 is 28.6. The third kappa shape index (κ3) is 4.44. The molecule has 1 aromatic rings. The van der Waals surface area contributed by atoms with Crippen molar-refractivity contribution in [3.05, 3.63) is 12.5 Å². The molecule has 0 aromatic carbocycles. The van der Waals surface area contributed by atoms with Crippen LogP contribution in [0.1, 0.15) is 39.2 Å². The molecular formula is C12H23ClN4O2S. The van der Waals surface area contributed by atoms with Crippen molar-refractivity contribution in [2.24, 2.45) is 0 Å². The average molecular weight is 323 g/mol. The van der Waals surface area contributed by atoms with Gasteiger partial charge in [-0.25, -0.2) is 18.1 Å². The summed E-state index contributed by atoms with van der Waals surface area (Å²) in [5.41, 5.74) is 0. The zero-order chi connectivity index (χ0) is 13.9. The topological polar surface area (TPSA) is 76.0 Å². The van der Waals surface area contributed by atoms with Gasteiger partial charge in [0.15, 0.2) is 5.03 Å². The van der Waals surface area contributed by atoms with Gasteiger partial charge in [0.2, 0.25) is 0 Å². The fraction of sp³-hybridized carbons (Fsp3) is 0.750. The van der Waals surface area contributed by atoms with Gasteiger partial charge in [-0.05, 0) is 33.2 Å². The van der Waals surface area contributed by atoms with Crippen LogP contribution in [0.15, 0.2) is 17.6 Å². The number of aromatic nitrogens is 2. The van der Waals surface area contributed by atoms with Gasteiger partial charge in [0.25, 0.3) is 10.0 Å². The quantitative estimate of drug-likeness (QED) is 0.857. The maximum Gasteiger partial charge on any atom is 0.259 e. The summed E-state index contributed by atoms with van der Waals surface area (Å²) in [4.78, 5) is 3.96. The minimum atomic E-state index is -3.49. The van der Waals surface area contributed by atoms with Crippen molar-refractivity contribution >= 4 is 22.4 Å². The molecule has 1 atom stereocenters. The fourth-order valence-corrected chi connectivity index (χ4v) is 3.14. The van der Waals surface area contributed by atoms with Gasteiger partial charge in [0.1, 0.15) is 0 Å². The van der Waals surface area contributed by atoms with Crippen LogP contribution in [0.5, 0.6) is 0 Å². The first kappa shape index (κ1) is 17.4. The van der Waals surface area contributed by atoms with E-state index in [0.29, 0.717) is 6.54 Å². The number of hydrogen-bond donors (Lipinski definition) is 2. The molecule has 0 aliphatic carbocycles. The van der Waals surface area contributed by atoms with Gasteiger partial charge in [-0.1, -0.05) is 6.42 Å². The van der Waals surface area contributed by atoms with E-state index in [-0.39, 0.29) is 29.5 Å². The Kier molecular flexibility index (Phi) is 6.44. The molecule has 0 spiro atoms. The van der Waals surface area contributed by atoms with Crippen LogP contribution in [-0.4, -0.2) is 37.1 Å². The first-order valence-corrected chi connectivity index (χ1v) is 8.24. The van der Waals surface area contributed by atoms with Crippen molar-refractivity contribution in [2.75, 3.05) is 13.1 Å². The van der Waals surface area contributed by atoms with E-state index in [4.69, 9.17) is 0 Å². The van der Waals surface area contributed by atoms with Gasteiger partial charge in [-0.3, -0.25) is 0 Å². The van der Waals surface area contributed by atoms with Crippen molar-refractivity contribution in [2.45, 2.75) is 50.2 Å². The van der Waals surface area contributed by atoms with Gasteiger partial charge in [-0.2, -0.15) is 0 Å². The number of sulfonamides is 1. The second kappa shape index (κ2) is 7.40. The highest BCUT2D eigenvalue weighted by atomic mass is 35.5. The third-order valence-corrected chi connectivity index (χ3v) is 4.69. The molecule has 6 nitrogen and oxygen atoms in total. The lowest BCUT2D eigenvalue weighted by Crippen LogP contribution is -2.43. The van der Waals surface area contributed by atoms with Crippen LogP contribution in [-0.2, 0) is 10.0 Å². The number of imidazole rings is 1. The highest BCUT2D eigenvalue weighted by Crippen LogP contribution is 2.11. The minimum absolute atomic E-state index is 0. The van der Waals surface area contributed by atoms with Crippen LogP contribution in [0.3, 0.4) is 0 Å². The lowest BCUT2D eigenvalue weighted by molar-refractivity contribution is 0.398. The second-order valence-electron chi connectivity index (χ2n) is 5.25. The van der Waals surface area contributed by atoms with Crippen molar-refractivity contribution in [1.29, 1.82) is 0 Å². The Labute approximate surface area is 126 Å². The number of hydrogen-bond acceptors (Lipinski definition) is 4. The molecule has 1 unspecified atom stereocenters. The van der Waals surface area contributed by atoms with Crippen molar-refractivity contribution in [3.63, 3.8) is 0 Å². The first-order chi connectivity index (χ1) is 8.99. The van der Waals surface area contributed by atoms with E-state index < -0.39 is 10.0 Å². The Bertz CT molecular complexity index is 509. The summed E-state index contributed by atoms with van der Waals surface area (Å²) in [5, 5.41) is 3.41. The van der Waals surface area contributed by atoms with Crippen LogP contribution in [0.4, 0.5) is 0 Å². The lowest BCUT2D eigenvalue weighted by Gasteiger charge is -2.23. The third-order valence-electron chi connectivity index (χ3n) is 3.38. The number of halogens is 1. The normalized spacial score (nSPS) is 19.9. The first-order valence-electron chi connectivity index (χ1n) is 6.75. The summed E-state index contributed by atoms with van der Waals surface area (Å²) in [6.45, 7) is 5.36. The van der Waals surface area contributed by atoms with Crippen LogP contribution >= 0.6 is 12.4 Å². The maximum absolute atomic E-state index is 12.1. The molecule has 1 aliphatic heterocycles. The zero-order valence-electron chi connectivity index (χ0n) is 11.9. The zero-order valence-corrected chi connectivity index (χ0v) is 13.5. The Hall–Kier alpha value is -0.630. The van der Waals surface area contributed by atoms with Crippen molar-refractivity contribution in [1.82, 2.24) is 19.6 Å². The van der Waals surface area contributed by atoms with E-state index >= 15 is 0 Å². The summed E-state index contributed by atoms with van der Waals surface area (Å²) in [5.74, 6) is 0. The van der Waals surface area contributed by atoms with Crippen LogP contribution < -0.4 is 10.0 Å². The Morgan fingerprint density at radius 1 is 1.50 bits per heavy atom. The molecule has 0 amide bonds. The van der Waals surface area contributed by atoms with Gasteiger partial charge in [-0.15, -0.1) is 12.4 Å². The Balaban J connectivity index is 0.00000200. The number of piperidine rings is 1. The van der Waals surface area contributed by atoms with E-state index in [2.05, 4.69) is 15.0 Å². The molecule has 0 radical (unpaired) electrons. The lowest BCUT2D eigenvalue weighted by atomic mass is 10.1. The molecule has 1 fully saturated rings. The highest BCUT2D eigenvalue weighted by Gasteiger charge is 2.20. The largest absolute Gasteiger partial charge is 0.334 e. The molecule has 0 bridgehead atoms. The summed E-state index contributed by atoms with van der Waals surface area (Å²) in [6, 6.07) is 0.437. The molecule has 2 rings (SSSR count). The predicted octanol–water partition coefficient (Wildman–Crippen LogP) is 1.31. The molecule has 2 heterocycles. The smallest absolute Gasteiger partial charge is 0.259 e. The van der Waals surface area contributed by atoms with Crippen LogP contribution in [0, 0.1) is 0 Å². The number of nitrogens with zero attached hydrogens (tertiary/aromatic N) is 2. The summed E-state index contributed by atoms with van der Waals surface area (Å²) in [6.07, 6.45) is 6.46. The van der Waals surface area contributed by atoms with E-state index in [1.807, 2.05) is 13.8 Å². The Morgan fingerprint density at radius 3 is 2.80 bits per heavy atom. The van der Waals surface area contributed by atoms with E-state index in [1.165, 1.54) is 6.42 Å². The number of nitrogens with one attached hydrogen (secondary N) is 2. The molecule has 116 valence electrons. The number of rotatable bonds is 5. The van der Waals surface area contributed by atoms with Gasteiger partial charge in [0.05, 0.1) is 6.33 Å². The SMILES string of the molecule is CC(C)n1cnc(S(=O)(=O)NCC2CCCCN2)c1.Cl. The van der Waals surface area contributed by atoms with Gasteiger partial charge >= 0.3 is 0 Å². The van der Waals surface area contributed by atoms with Crippen molar-refractivity contribution < 1.29 is 8.42 Å². The summed E-state index contributed by atoms with van der Waals surface area (Å²) >= 11 is 0. The highest BCUT2D eigenvalue weighted by molar-refractivity contribution is 7.89. The van der Waals surface area contributed by atoms with Crippen molar-refractivity contribution in [3.8, 4) is 0 Å². The monoisotopic (exact) mass is 322 g/mol. The molecule has 1 aromatic heterocycles.